The molecule has 16 heteroatoms. The molecule has 156 valence electrons. The van der Waals surface area contributed by atoms with Gasteiger partial charge in [0.15, 0.2) is 11.5 Å². The van der Waals surface area contributed by atoms with E-state index in [2.05, 4.69) is 14.2 Å². The molecule has 6 nitrogen and oxygen atoms in total. The predicted molar refractivity (Wildman–Crippen MR) is 74.2 cm³/mol. The first-order chi connectivity index (χ1) is 12.4. The van der Waals surface area contributed by atoms with Crippen LogP contribution in [0.5, 0.6) is 17.2 Å². The zero-order valence-electron chi connectivity index (χ0n) is 12.4. The number of halogens is 10. The van der Waals surface area contributed by atoms with Gasteiger partial charge in [-0.3, -0.25) is 0 Å². The summed E-state index contributed by atoms with van der Waals surface area (Å²) in [6, 6.07) is 0.985. The van der Waals surface area contributed by atoms with Gasteiger partial charge < -0.3 is 14.2 Å². The van der Waals surface area contributed by atoms with Gasteiger partial charge in [-0.25, -0.2) is 14.4 Å². The maximum absolute atomic E-state index is 12.4. The number of carbonyl (C=O) groups excluding carboxylic acids is 3. The molecule has 0 heterocycles. The molecule has 0 saturated carbocycles. The van der Waals surface area contributed by atoms with E-state index in [1.54, 1.807) is 0 Å². The zero-order chi connectivity index (χ0) is 22.1. The van der Waals surface area contributed by atoms with Crippen molar-refractivity contribution in [1.29, 1.82) is 0 Å². The molecule has 0 aliphatic rings. The highest BCUT2D eigenvalue weighted by molar-refractivity contribution is 14.1. The Labute approximate surface area is 160 Å². The Hall–Kier alpha value is -2.27. The summed E-state index contributed by atoms with van der Waals surface area (Å²) in [7, 11) is 0. The maximum Gasteiger partial charge on any atom is 0.491 e. The fraction of sp³-hybridized carbons (Fsp3) is 0.250. The normalized spacial score (nSPS) is 12.4. The summed E-state index contributed by atoms with van der Waals surface area (Å²) in [5, 5.41) is 0. The standard InChI is InChI=1S/C12H2F9IO6/c13-10(14,15)7(23)26-4-2-1-3(22)5(27-8(24)11(16,17)18)6(4)28-9(25)12(19,20)21/h1-2H. The van der Waals surface area contributed by atoms with Gasteiger partial charge in [-0.05, 0) is 34.7 Å². The minimum atomic E-state index is -5.75. The second-order valence-electron chi connectivity index (χ2n) is 4.37. The highest BCUT2D eigenvalue weighted by Gasteiger charge is 2.46. The quantitative estimate of drug-likeness (QED) is 0.252. The Morgan fingerprint density at radius 3 is 1.39 bits per heavy atom. The van der Waals surface area contributed by atoms with E-state index in [1.807, 2.05) is 0 Å². The first-order valence-electron chi connectivity index (χ1n) is 6.14. The van der Waals surface area contributed by atoms with Crippen molar-refractivity contribution in [2.75, 3.05) is 0 Å². The van der Waals surface area contributed by atoms with Crippen LogP contribution in [0.3, 0.4) is 0 Å². The molecule has 0 saturated heterocycles. The van der Waals surface area contributed by atoms with Crippen molar-refractivity contribution in [2.24, 2.45) is 0 Å². The van der Waals surface area contributed by atoms with E-state index in [1.165, 1.54) is 0 Å². The third kappa shape index (κ3) is 6.13. The van der Waals surface area contributed by atoms with Crippen molar-refractivity contribution >= 4 is 40.5 Å². The van der Waals surface area contributed by atoms with E-state index in [4.69, 9.17) is 0 Å². The van der Waals surface area contributed by atoms with Crippen LogP contribution in [-0.4, -0.2) is 36.4 Å². The highest BCUT2D eigenvalue weighted by Crippen LogP contribution is 2.43. The molecule has 0 fully saturated rings. The van der Waals surface area contributed by atoms with Crippen molar-refractivity contribution in [2.45, 2.75) is 18.5 Å². The van der Waals surface area contributed by atoms with Gasteiger partial charge in [0.25, 0.3) is 0 Å². The molecule has 0 aromatic heterocycles. The van der Waals surface area contributed by atoms with Crippen molar-refractivity contribution < 1.29 is 68.1 Å². The van der Waals surface area contributed by atoms with Gasteiger partial charge in [0.05, 0.1) is 3.57 Å². The van der Waals surface area contributed by atoms with Gasteiger partial charge in [-0.2, -0.15) is 39.5 Å². The van der Waals surface area contributed by atoms with Crippen LogP contribution in [-0.2, 0) is 14.4 Å². The van der Waals surface area contributed by atoms with Gasteiger partial charge in [-0.15, -0.1) is 0 Å². The fourth-order valence-corrected chi connectivity index (χ4v) is 1.79. The molecular formula is C12H2F9IO6. The minimum Gasteiger partial charge on any atom is -0.416 e. The van der Waals surface area contributed by atoms with Crippen LogP contribution in [0, 0.1) is 3.57 Å². The van der Waals surface area contributed by atoms with E-state index >= 15 is 0 Å². The molecule has 0 spiro atoms. The minimum absolute atomic E-state index is 0.370. The van der Waals surface area contributed by atoms with Crippen molar-refractivity contribution in [3.8, 4) is 17.2 Å². The van der Waals surface area contributed by atoms with Crippen molar-refractivity contribution in [3.63, 3.8) is 0 Å². The predicted octanol–water partition coefficient (Wildman–Crippen LogP) is 3.69. The van der Waals surface area contributed by atoms with Gasteiger partial charge >= 0.3 is 36.4 Å². The molecule has 0 N–H and O–H groups in total. The molecular weight excluding hydrogens is 538 g/mol. The number of alkyl halides is 9. The van der Waals surface area contributed by atoms with Gasteiger partial charge in [0.2, 0.25) is 5.75 Å². The molecule has 0 aliphatic heterocycles. The smallest absolute Gasteiger partial charge is 0.416 e. The largest absolute Gasteiger partial charge is 0.491 e. The Morgan fingerprint density at radius 1 is 0.643 bits per heavy atom. The lowest BCUT2D eigenvalue weighted by molar-refractivity contribution is -0.193. The number of hydrogen-bond donors (Lipinski definition) is 0. The average Bonchev–Trinajstić information content (AvgIpc) is 2.49. The second-order valence-corrected chi connectivity index (χ2v) is 5.53. The van der Waals surface area contributed by atoms with E-state index in [9.17, 15) is 53.9 Å². The number of esters is 3. The highest BCUT2D eigenvalue weighted by atomic mass is 127. The van der Waals surface area contributed by atoms with Crippen molar-refractivity contribution in [1.82, 2.24) is 0 Å². The molecule has 0 unspecified atom stereocenters. The number of rotatable bonds is 3. The van der Waals surface area contributed by atoms with Gasteiger partial charge in [-0.1, -0.05) is 0 Å². The summed E-state index contributed by atoms with van der Waals surface area (Å²) < 4.78 is 121. The molecule has 1 rings (SSSR count). The maximum atomic E-state index is 12.4. The van der Waals surface area contributed by atoms with Crippen LogP contribution < -0.4 is 14.2 Å². The first-order valence-corrected chi connectivity index (χ1v) is 7.22. The number of ether oxygens (including phenoxy) is 3. The number of benzene rings is 1. The summed E-state index contributed by atoms with van der Waals surface area (Å²) in [6.45, 7) is 0. The first kappa shape index (κ1) is 23.8. The monoisotopic (exact) mass is 540 g/mol. The van der Waals surface area contributed by atoms with E-state index < -0.39 is 57.3 Å². The SMILES string of the molecule is O=C(Oc1ccc(I)c(OC(=O)C(F)(F)F)c1OC(=O)C(F)(F)F)C(F)(F)F. The zero-order valence-corrected chi connectivity index (χ0v) is 14.5. The number of hydrogen-bond acceptors (Lipinski definition) is 6. The lowest BCUT2D eigenvalue weighted by atomic mass is 10.3. The summed E-state index contributed by atoms with van der Waals surface area (Å²) in [5.41, 5.74) is 0. The molecule has 0 atom stereocenters. The molecule has 0 aliphatic carbocycles. The molecule has 0 radical (unpaired) electrons. The molecule has 1 aromatic rings. The van der Waals surface area contributed by atoms with Crippen LogP contribution in [0.25, 0.3) is 0 Å². The van der Waals surface area contributed by atoms with Crippen LogP contribution in [0.4, 0.5) is 39.5 Å². The van der Waals surface area contributed by atoms with Crippen LogP contribution in [0.2, 0.25) is 0 Å². The van der Waals surface area contributed by atoms with E-state index in [0.717, 1.165) is 22.6 Å². The summed E-state index contributed by atoms with van der Waals surface area (Å²) >= 11 is 1.10. The third-order valence-electron chi connectivity index (χ3n) is 2.31. The Bertz CT molecular complexity index is 796. The summed E-state index contributed by atoms with van der Waals surface area (Å²) in [4.78, 5) is 32.7. The average molecular weight is 540 g/mol. The summed E-state index contributed by atoms with van der Waals surface area (Å²) in [5.74, 6) is -14.0. The fourth-order valence-electron chi connectivity index (χ4n) is 1.25. The lowest BCUT2D eigenvalue weighted by Crippen LogP contribution is -2.31. The third-order valence-corrected chi connectivity index (χ3v) is 3.16. The second kappa shape index (κ2) is 8.00. The summed E-state index contributed by atoms with van der Waals surface area (Å²) in [6.07, 6.45) is -17.1. The molecule has 28 heavy (non-hydrogen) atoms. The number of carbonyl (C=O) groups is 3. The van der Waals surface area contributed by atoms with E-state index in [0.29, 0.717) is 12.1 Å². The Kier molecular flexibility index (Phi) is 6.79. The topological polar surface area (TPSA) is 78.9 Å². The van der Waals surface area contributed by atoms with Crippen LogP contribution >= 0.6 is 22.6 Å². The molecule has 1 aromatic carbocycles. The van der Waals surface area contributed by atoms with E-state index in [-0.39, 0.29) is 0 Å². The molecule has 0 amide bonds. The Balaban J connectivity index is 3.51. The van der Waals surface area contributed by atoms with Crippen LogP contribution in [0.1, 0.15) is 0 Å². The van der Waals surface area contributed by atoms with Gasteiger partial charge in [0.1, 0.15) is 0 Å². The lowest BCUT2D eigenvalue weighted by Gasteiger charge is -2.17. The molecule has 0 bridgehead atoms. The van der Waals surface area contributed by atoms with Gasteiger partial charge in [0, 0.05) is 0 Å². The van der Waals surface area contributed by atoms with Crippen molar-refractivity contribution in [3.05, 3.63) is 15.7 Å². The Morgan fingerprint density at radius 2 is 1.00 bits per heavy atom. The van der Waals surface area contributed by atoms with Crippen LogP contribution in [0.15, 0.2) is 12.1 Å².